The van der Waals surface area contributed by atoms with Crippen molar-refractivity contribution < 1.29 is 39.1 Å². The number of hydrogen-bond donors (Lipinski definition) is 3. The van der Waals surface area contributed by atoms with Gasteiger partial charge in [0.25, 0.3) is 0 Å². The number of carbonyl (C=O) groups is 1. The van der Waals surface area contributed by atoms with Gasteiger partial charge in [-0.3, -0.25) is 0 Å². The molecule has 0 amide bonds. The highest BCUT2D eigenvalue weighted by molar-refractivity contribution is 5.64. The fourth-order valence-electron chi connectivity index (χ4n) is 2.71. The van der Waals surface area contributed by atoms with Crippen molar-refractivity contribution >= 4 is 6.16 Å². The van der Waals surface area contributed by atoms with E-state index in [2.05, 4.69) is 0 Å². The second-order valence-corrected chi connectivity index (χ2v) is 6.32. The van der Waals surface area contributed by atoms with Gasteiger partial charge >= 0.3 is 6.16 Å². The Kier molecular flexibility index (Phi) is 7.36. The van der Waals surface area contributed by atoms with Crippen molar-refractivity contribution in [3.63, 3.8) is 0 Å². The van der Waals surface area contributed by atoms with Gasteiger partial charge in [0.2, 0.25) is 0 Å². The SMILES string of the molecule is CCCCO[C@H]1C(OC(=O)Oc2ccccc2)[C@](C)(O)C(CO)O[C@H]1O. The van der Waals surface area contributed by atoms with E-state index >= 15 is 0 Å². The maximum absolute atomic E-state index is 12.1. The number of aliphatic hydroxyl groups excluding tert-OH is 2. The molecule has 1 aliphatic rings. The van der Waals surface area contributed by atoms with Gasteiger partial charge in [0, 0.05) is 6.61 Å². The highest BCUT2D eigenvalue weighted by Crippen LogP contribution is 2.33. The van der Waals surface area contributed by atoms with Crippen molar-refractivity contribution in [3.8, 4) is 5.75 Å². The summed E-state index contributed by atoms with van der Waals surface area (Å²) in [6.45, 7) is 3.03. The van der Waals surface area contributed by atoms with Crippen LogP contribution < -0.4 is 4.74 Å². The lowest BCUT2D eigenvalue weighted by molar-refractivity contribution is -0.324. The second-order valence-electron chi connectivity index (χ2n) is 6.32. The van der Waals surface area contributed by atoms with Crippen LogP contribution in [0.1, 0.15) is 26.7 Å². The smallest absolute Gasteiger partial charge is 0.424 e. The molecule has 1 aromatic rings. The number of hydrogen-bond acceptors (Lipinski definition) is 8. The fraction of sp³-hybridized carbons (Fsp3) is 0.611. The number of para-hydroxylation sites is 1. The third kappa shape index (κ3) is 4.93. The zero-order valence-corrected chi connectivity index (χ0v) is 14.9. The fourth-order valence-corrected chi connectivity index (χ4v) is 2.71. The van der Waals surface area contributed by atoms with E-state index in [4.69, 9.17) is 18.9 Å². The zero-order chi connectivity index (χ0) is 19.2. The molecule has 2 rings (SSSR count). The Morgan fingerprint density at radius 1 is 1.31 bits per heavy atom. The average molecular weight is 370 g/mol. The summed E-state index contributed by atoms with van der Waals surface area (Å²) in [5, 5.41) is 30.3. The predicted molar refractivity (Wildman–Crippen MR) is 90.6 cm³/mol. The van der Waals surface area contributed by atoms with Crippen LogP contribution in [0.4, 0.5) is 4.79 Å². The van der Waals surface area contributed by atoms with Crippen LogP contribution in [0.2, 0.25) is 0 Å². The van der Waals surface area contributed by atoms with Gasteiger partial charge in [-0.15, -0.1) is 0 Å². The van der Waals surface area contributed by atoms with Gasteiger partial charge in [0.15, 0.2) is 12.4 Å². The molecular formula is C18H26O8. The largest absolute Gasteiger partial charge is 0.514 e. The molecule has 0 spiro atoms. The quantitative estimate of drug-likeness (QED) is 0.373. The molecule has 1 heterocycles. The van der Waals surface area contributed by atoms with E-state index in [1.165, 1.54) is 6.92 Å². The van der Waals surface area contributed by atoms with Gasteiger partial charge in [-0.25, -0.2) is 4.79 Å². The molecule has 146 valence electrons. The van der Waals surface area contributed by atoms with Crippen molar-refractivity contribution in [1.82, 2.24) is 0 Å². The molecule has 0 radical (unpaired) electrons. The van der Waals surface area contributed by atoms with Crippen LogP contribution in [0.15, 0.2) is 30.3 Å². The molecule has 5 atom stereocenters. The van der Waals surface area contributed by atoms with Crippen LogP contribution in [0.25, 0.3) is 0 Å². The molecule has 1 aliphatic heterocycles. The Morgan fingerprint density at radius 3 is 2.62 bits per heavy atom. The maximum Gasteiger partial charge on any atom is 0.514 e. The first kappa shape index (κ1) is 20.6. The average Bonchev–Trinajstić information content (AvgIpc) is 2.61. The Labute approximate surface area is 152 Å². The van der Waals surface area contributed by atoms with Gasteiger partial charge in [-0.2, -0.15) is 0 Å². The summed E-state index contributed by atoms with van der Waals surface area (Å²) >= 11 is 0. The number of carbonyl (C=O) groups excluding carboxylic acids is 1. The first-order valence-corrected chi connectivity index (χ1v) is 8.62. The van der Waals surface area contributed by atoms with Crippen molar-refractivity contribution in [3.05, 3.63) is 30.3 Å². The molecule has 8 heteroatoms. The zero-order valence-electron chi connectivity index (χ0n) is 14.9. The molecule has 1 saturated heterocycles. The Morgan fingerprint density at radius 2 is 2.00 bits per heavy atom. The third-order valence-electron chi connectivity index (χ3n) is 4.25. The van der Waals surface area contributed by atoms with Crippen LogP contribution in [-0.2, 0) is 14.2 Å². The lowest BCUT2D eigenvalue weighted by Crippen LogP contribution is -2.67. The maximum atomic E-state index is 12.1. The summed E-state index contributed by atoms with van der Waals surface area (Å²) in [5.41, 5.74) is -1.79. The number of rotatable bonds is 7. The number of benzene rings is 1. The summed E-state index contributed by atoms with van der Waals surface area (Å²) in [4.78, 5) is 12.1. The Balaban J connectivity index is 2.14. The van der Waals surface area contributed by atoms with Gasteiger partial charge in [-0.1, -0.05) is 31.5 Å². The molecule has 0 bridgehead atoms. The number of ether oxygens (including phenoxy) is 4. The minimum Gasteiger partial charge on any atom is -0.424 e. The Hall–Kier alpha value is -1.71. The molecule has 0 aromatic heterocycles. The molecule has 8 nitrogen and oxygen atoms in total. The van der Waals surface area contributed by atoms with E-state index in [0.29, 0.717) is 0 Å². The minimum atomic E-state index is -1.79. The topological polar surface area (TPSA) is 115 Å². The highest BCUT2D eigenvalue weighted by Gasteiger charge is 2.55. The van der Waals surface area contributed by atoms with Gasteiger partial charge in [0.1, 0.15) is 23.6 Å². The van der Waals surface area contributed by atoms with Crippen LogP contribution in [0.3, 0.4) is 0 Å². The van der Waals surface area contributed by atoms with Crippen LogP contribution in [0, 0.1) is 0 Å². The van der Waals surface area contributed by atoms with E-state index in [0.717, 1.165) is 12.8 Å². The van der Waals surface area contributed by atoms with Crippen molar-refractivity contribution in [2.45, 2.75) is 56.9 Å². The summed E-state index contributed by atoms with van der Waals surface area (Å²) in [6, 6.07) is 8.29. The molecule has 0 aliphatic carbocycles. The standard InChI is InChI=1S/C18H26O8/c1-3-4-10-23-14-15(18(2,22)13(11-19)25-16(14)20)26-17(21)24-12-8-6-5-7-9-12/h5-9,13-16,19-20,22H,3-4,10-11H2,1-2H3/t13?,14-,15?,16+,18+/m0/s1. The molecule has 1 fully saturated rings. The van der Waals surface area contributed by atoms with Gasteiger partial charge < -0.3 is 34.3 Å². The summed E-state index contributed by atoms with van der Waals surface area (Å²) in [6.07, 6.45) is -4.52. The number of unbranched alkanes of at least 4 members (excludes halogenated alkanes) is 1. The number of aliphatic hydroxyl groups is 3. The van der Waals surface area contributed by atoms with E-state index in [1.807, 2.05) is 6.92 Å². The summed E-state index contributed by atoms with van der Waals surface area (Å²) in [7, 11) is 0. The van der Waals surface area contributed by atoms with Crippen molar-refractivity contribution in [2.75, 3.05) is 13.2 Å². The van der Waals surface area contributed by atoms with Crippen molar-refractivity contribution in [2.24, 2.45) is 0 Å². The predicted octanol–water partition coefficient (Wildman–Crippen LogP) is 1.22. The first-order valence-electron chi connectivity index (χ1n) is 8.62. The van der Waals surface area contributed by atoms with E-state index in [-0.39, 0.29) is 12.4 Å². The van der Waals surface area contributed by atoms with Gasteiger partial charge in [-0.05, 0) is 25.5 Å². The van der Waals surface area contributed by atoms with Crippen LogP contribution in [0.5, 0.6) is 5.75 Å². The second kappa shape index (κ2) is 9.29. The minimum absolute atomic E-state index is 0.270. The molecular weight excluding hydrogens is 344 g/mol. The van der Waals surface area contributed by atoms with Crippen LogP contribution in [-0.4, -0.2) is 64.9 Å². The molecule has 26 heavy (non-hydrogen) atoms. The summed E-state index contributed by atoms with van der Waals surface area (Å²) in [5.74, 6) is 0.270. The molecule has 0 saturated carbocycles. The summed E-state index contributed by atoms with van der Waals surface area (Å²) < 4.78 is 21.1. The van der Waals surface area contributed by atoms with E-state index in [9.17, 15) is 20.1 Å². The van der Waals surface area contributed by atoms with E-state index < -0.39 is 43.0 Å². The highest BCUT2D eigenvalue weighted by atomic mass is 16.7. The molecule has 2 unspecified atom stereocenters. The van der Waals surface area contributed by atoms with Crippen molar-refractivity contribution in [1.29, 1.82) is 0 Å². The monoisotopic (exact) mass is 370 g/mol. The lowest BCUT2D eigenvalue weighted by Gasteiger charge is -2.47. The normalized spacial score (nSPS) is 31.4. The van der Waals surface area contributed by atoms with Gasteiger partial charge in [0.05, 0.1) is 6.61 Å². The Bertz CT molecular complexity index is 562. The third-order valence-corrected chi connectivity index (χ3v) is 4.25. The lowest BCUT2D eigenvalue weighted by atomic mass is 9.86. The molecule has 1 aromatic carbocycles. The molecule has 3 N–H and O–H groups in total. The van der Waals surface area contributed by atoms with Crippen LogP contribution >= 0.6 is 0 Å². The van der Waals surface area contributed by atoms with E-state index in [1.54, 1.807) is 30.3 Å². The first-order chi connectivity index (χ1) is 12.4.